The van der Waals surface area contributed by atoms with Crippen molar-refractivity contribution in [2.45, 2.75) is 31.8 Å². The van der Waals surface area contributed by atoms with Gasteiger partial charge in [-0.1, -0.05) is 6.07 Å². The van der Waals surface area contributed by atoms with Crippen LogP contribution in [0.2, 0.25) is 0 Å². The Kier molecular flexibility index (Phi) is 3.49. The summed E-state index contributed by atoms with van der Waals surface area (Å²) in [4.78, 5) is 0. The Morgan fingerprint density at radius 1 is 1.35 bits per heavy atom. The van der Waals surface area contributed by atoms with Gasteiger partial charge in [0.15, 0.2) is 0 Å². The van der Waals surface area contributed by atoms with E-state index >= 15 is 0 Å². The van der Waals surface area contributed by atoms with Crippen molar-refractivity contribution in [3.63, 3.8) is 0 Å². The Hall–Kier alpha value is -1.81. The highest BCUT2D eigenvalue weighted by molar-refractivity contribution is 5.40. The molecule has 1 heterocycles. The molecule has 20 heavy (non-hydrogen) atoms. The average molecular weight is 271 g/mol. The van der Waals surface area contributed by atoms with Gasteiger partial charge in [0.05, 0.1) is 24.9 Å². The number of ether oxygens (including phenoxy) is 1. The second-order valence-corrected chi connectivity index (χ2v) is 5.37. The Balaban J connectivity index is 2.00. The van der Waals surface area contributed by atoms with E-state index in [1.807, 2.05) is 20.0 Å². The highest BCUT2D eigenvalue weighted by atomic mass is 16.5. The zero-order chi connectivity index (χ0) is 14.1. The smallest absolute Gasteiger partial charge is 0.119 e. The molecule has 4 heteroatoms. The van der Waals surface area contributed by atoms with Gasteiger partial charge in [0.2, 0.25) is 0 Å². The van der Waals surface area contributed by atoms with Crippen LogP contribution in [0.3, 0.4) is 0 Å². The molecule has 2 aromatic rings. The van der Waals surface area contributed by atoms with E-state index in [1.165, 1.54) is 11.1 Å². The first-order valence-corrected chi connectivity index (χ1v) is 7.08. The first-order valence-electron chi connectivity index (χ1n) is 7.08. The molecule has 1 aliphatic carbocycles. The van der Waals surface area contributed by atoms with Gasteiger partial charge in [-0.05, 0) is 56.1 Å². The highest BCUT2D eigenvalue weighted by Gasteiger charge is 2.30. The van der Waals surface area contributed by atoms with Crippen LogP contribution in [-0.2, 0) is 6.42 Å². The van der Waals surface area contributed by atoms with Gasteiger partial charge in [-0.25, -0.2) is 0 Å². The van der Waals surface area contributed by atoms with Crippen LogP contribution < -0.4 is 10.1 Å². The highest BCUT2D eigenvalue weighted by Crippen LogP contribution is 2.38. The fourth-order valence-electron chi connectivity index (χ4n) is 3.15. The minimum Gasteiger partial charge on any atom is -0.497 e. The minimum absolute atomic E-state index is 0.271. The molecule has 1 aromatic heterocycles. The van der Waals surface area contributed by atoms with E-state index in [1.54, 1.807) is 7.11 Å². The standard InChI is InChI=1S/C16H21N3O/c1-11-8-9-19(18-11)15-7-5-12-4-6-13(20-3)10-14(12)16(15)17-2/h4,6,8-10,15-17H,5,7H2,1-3H3. The second kappa shape index (κ2) is 5.29. The number of likely N-dealkylation sites (N-methyl/N-ethyl adjacent to an activating group) is 1. The maximum atomic E-state index is 5.37. The zero-order valence-corrected chi connectivity index (χ0v) is 12.3. The Bertz CT molecular complexity index is 606. The summed E-state index contributed by atoms with van der Waals surface area (Å²) in [6.07, 6.45) is 4.27. The summed E-state index contributed by atoms with van der Waals surface area (Å²) >= 11 is 0. The third-order valence-electron chi connectivity index (χ3n) is 4.17. The van der Waals surface area contributed by atoms with E-state index in [9.17, 15) is 0 Å². The van der Waals surface area contributed by atoms with Crippen molar-refractivity contribution >= 4 is 0 Å². The van der Waals surface area contributed by atoms with Crippen molar-refractivity contribution in [2.24, 2.45) is 0 Å². The van der Waals surface area contributed by atoms with Crippen LogP contribution in [-0.4, -0.2) is 23.9 Å². The summed E-state index contributed by atoms with van der Waals surface area (Å²) < 4.78 is 7.46. The van der Waals surface area contributed by atoms with E-state index in [0.29, 0.717) is 6.04 Å². The van der Waals surface area contributed by atoms with Gasteiger partial charge in [0.25, 0.3) is 0 Å². The Morgan fingerprint density at radius 2 is 2.20 bits per heavy atom. The third-order valence-corrected chi connectivity index (χ3v) is 4.17. The van der Waals surface area contributed by atoms with E-state index in [2.05, 4.69) is 39.5 Å². The number of fused-ring (bicyclic) bond motifs is 1. The number of benzene rings is 1. The number of rotatable bonds is 3. The second-order valence-electron chi connectivity index (χ2n) is 5.37. The lowest BCUT2D eigenvalue weighted by atomic mass is 9.84. The summed E-state index contributed by atoms with van der Waals surface area (Å²) in [6, 6.07) is 9.07. The molecule has 3 rings (SSSR count). The van der Waals surface area contributed by atoms with Gasteiger partial charge < -0.3 is 10.1 Å². The molecule has 0 radical (unpaired) electrons. The van der Waals surface area contributed by atoms with Gasteiger partial charge in [-0.15, -0.1) is 0 Å². The number of aryl methyl sites for hydroxylation is 2. The zero-order valence-electron chi connectivity index (χ0n) is 12.3. The number of hydrogen-bond donors (Lipinski definition) is 1. The van der Waals surface area contributed by atoms with Crippen molar-refractivity contribution in [3.05, 3.63) is 47.3 Å². The fourth-order valence-corrected chi connectivity index (χ4v) is 3.15. The lowest BCUT2D eigenvalue weighted by molar-refractivity contribution is 0.307. The first kappa shape index (κ1) is 13.2. The molecular weight excluding hydrogens is 250 g/mol. The average Bonchev–Trinajstić information content (AvgIpc) is 2.91. The van der Waals surface area contributed by atoms with Crippen LogP contribution in [0.25, 0.3) is 0 Å². The van der Waals surface area contributed by atoms with Gasteiger partial charge in [-0.3, -0.25) is 4.68 Å². The van der Waals surface area contributed by atoms with Crippen molar-refractivity contribution in [1.29, 1.82) is 0 Å². The molecule has 0 amide bonds. The number of aromatic nitrogens is 2. The molecule has 106 valence electrons. The van der Waals surface area contributed by atoms with Gasteiger partial charge in [0.1, 0.15) is 5.75 Å². The van der Waals surface area contributed by atoms with Gasteiger partial charge >= 0.3 is 0 Å². The van der Waals surface area contributed by atoms with Crippen molar-refractivity contribution in [1.82, 2.24) is 15.1 Å². The molecule has 0 saturated carbocycles. The van der Waals surface area contributed by atoms with Crippen LogP contribution in [0.5, 0.6) is 5.75 Å². The molecule has 1 N–H and O–H groups in total. The van der Waals surface area contributed by atoms with Crippen molar-refractivity contribution in [3.8, 4) is 5.75 Å². The van der Waals surface area contributed by atoms with E-state index < -0.39 is 0 Å². The van der Waals surface area contributed by atoms with Crippen LogP contribution in [0.1, 0.15) is 35.3 Å². The topological polar surface area (TPSA) is 39.1 Å². The molecule has 0 bridgehead atoms. The number of nitrogens with zero attached hydrogens (tertiary/aromatic N) is 2. The molecule has 1 aliphatic rings. The number of methoxy groups -OCH3 is 1. The largest absolute Gasteiger partial charge is 0.497 e. The first-order chi connectivity index (χ1) is 9.72. The summed E-state index contributed by atoms with van der Waals surface area (Å²) in [6.45, 7) is 2.03. The monoisotopic (exact) mass is 271 g/mol. The maximum absolute atomic E-state index is 5.37. The van der Waals surface area contributed by atoms with E-state index in [0.717, 1.165) is 24.3 Å². The summed E-state index contributed by atoms with van der Waals surface area (Å²) in [5, 5.41) is 8.05. The lowest BCUT2D eigenvalue weighted by Crippen LogP contribution is -2.32. The van der Waals surface area contributed by atoms with Crippen LogP contribution in [0, 0.1) is 6.92 Å². The summed E-state index contributed by atoms with van der Waals surface area (Å²) in [5.74, 6) is 0.918. The van der Waals surface area contributed by atoms with Crippen LogP contribution in [0.15, 0.2) is 30.5 Å². The molecule has 4 nitrogen and oxygen atoms in total. The quantitative estimate of drug-likeness (QED) is 0.932. The predicted octanol–water partition coefficient (Wildman–Crippen LogP) is 2.65. The number of nitrogens with one attached hydrogen (secondary N) is 1. The molecule has 2 unspecified atom stereocenters. The molecule has 2 atom stereocenters. The normalized spacial score (nSPS) is 21.6. The fraction of sp³-hybridized carbons (Fsp3) is 0.438. The maximum Gasteiger partial charge on any atom is 0.119 e. The molecule has 0 aliphatic heterocycles. The minimum atomic E-state index is 0.271. The van der Waals surface area contributed by atoms with Gasteiger partial charge in [-0.2, -0.15) is 5.10 Å². The van der Waals surface area contributed by atoms with Crippen molar-refractivity contribution in [2.75, 3.05) is 14.2 Å². The van der Waals surface area contributed by atoms with E-state index in [-0.39, 0.29) is 6.04 Å². The Morgan fingerprint density at radius 3 is 2.85 bits per heavy atom. The SMILES string of the molecule is CNC1c2cc(OC)ccc2CCC1n1ccc(C)n1. The molecule has 0 fully saturated rings. The lowest BCUT2D eigenvalue weighted by Gasteiger charge is -2.34. The molecule has 1 aromatic carbocycles. The summed E-state index contributed by atoms with van der Waals surface area (Å²) in [5.41, 5.74) is 3.80. The molecular formula is C16H21N3O. The predicted molar refractivity (Wildman–Crippen MR) is 79.1 cm³/mol. The summed E-state index contributed by atoms with van der Waals surface area (Å²) in [7, 11) is 3.73. The van der Waals surface area contributed by atoms with Crippen LogP contribution in [0.4, 0.5) is 0 Å². The number of hydrogen-bond acceptors (Lipinski definition) is 3. The molecule has 0 saturated heterocycles. The molecule has 0 spiro atoms. The third kappa shape index (κ3) is 2.20. The van der Waals surface area contributed by atoms with Gasteiger partial charge in [0, 0.05) is 6.20 Å². The Labute approximate surface area is 119 Å². The van der Waals surface area contributed by atoms with Crippen LogP contribution >= 0.6 is 0 Å². The van der Waals surface area contributed by atoms with E-state index in [4.69, 9.17) is 4.74 Å². The van der Waals surface area contributed by atoms with Crippen molar-refractivity contribution < 1.29 is 4.74 Å².